The molecule has 6 heteroatoms. The summed E-state index contributed by atoms with van der Waals surface area (Å²) in [7, 11) is 1.63. The van der Waals surface area contributed by atoms with Crippen molar-refractivity contribution in [2.75, 3.05) is 37.8 Å². The molecule has 0 spiro atoms. The van der Waals surface area contributed by atoms with Gasteiger partial charge in [-0.1, -0.05) is 6.92 Å². The minimum absolute atomic E-state index is 0.125. The molecule has 100 valence electrons. The first-order valence-corrected chi connectivity index (χ1v) is 6.26. The standard InChI is InChI=1S/C12H19N3O3/c1-3-6-18-12-10(9-11(16)14(2)13-12)15-4-7-17-8-5-15/h9H,3-8H2,1-2H3. The molecule has 0 bridgehead atoms. The molecule has 1 aromatic rings. The zero-order valence-corrected chi connectivity index (χ0v) is 10.9. The van der Waals surface area contributed by atoms with Crippen molar-refractivity contribution in [3.8, 4) is 5.88 Å². The van der Waals surface area contributed by atoms with Gasteiger partial charge in [-0.2, -0.15) is 0 Å². The van der Waals surface area contributed by atoms with Crippen LogP contribution in [0.2, 0.25) is 0 Å². The second kappa shape index (κ2) is 5.86. The number of hydrogen-bond acceptors (Lipinski definition) is 5. The fourth-order valence-electron chi connectivity index (χ4n) is 1.84. The Kier molecular flexibility index (Phi) is 4.19. The van der Waals surface area contributed by atoms with Crippen molar-refractivity contribution in [3.63, 3.8) is 0 Å². The molecule has 2 heterocycles. The summed E-state index contributed by atoms with van der Waals surface area (Å²) >= 11 is 0. The Morgan fingerprint density at radius 3 is 2.83 bits per heavy atom. The van der Waals surface area contributed by atoms with Gasteiger partial charge in [0.1, 0.15) is 5.69 Å². The third-order valence-electron chi connectivity index (χ3n) is 2.83. The van der Waals surface area contributed by atoms with Gasteiger partial charge in [0, 0.05) is 26.2 Å². The van der Waals surface area contributed by atoms with Gasteiger partial charge in [0.05, 0.1) is 19.8 Å². The number of aryl methyl sites for hydroxylation is 1. The van der Waals surface area contributed by atoms with Gasteiger partial charge in [0.2, 0.25) is 0 Å². The third-order valence-corrected chi connectivity index (χ3v) is 2.83. The van der Waals surface area contributed by atoms with Crippen molar-refractivity contribution in [1.82, 2.24) is 9.78 Å². The summed E-state index contributed by atoms with van der Waals surface area (Å²) in [5.74, 6) is 0.529. The molecule has 0 N–H and O–H groups in total. The Balaban J connectivity index is 2.29. The SMILES string of the molecule is CCCOc1nn(C)c(=O)cc1N1CCOCC1. The Morgan fingerprint density at radius 2 is 2.17 bits per heavy atom. The van der Waals surface area contributed by atoms with Crippen LogP contribution < -0.4 is 15.2 Å². The highest BCUT2D eigenvalue weighted by Gasteiger charge is 2.18. The minimum Gasteiger partial charge on any atom is -0.475 e. The normalized spacial score (nSPS) is 15.8. The van der Waals surface area contributed by atoms with Gasteiger partial charge < -0.3 is 14.4 Å². The number of aromatic nitrogens is 2. The molecule has 0 aromatic carbocycles. The molecule has 1 fully saturated rings. The number of hydrogen-bond donors (Lipinski definition) is 0. The van der Waals surface area contributed by atoms with Crippen LogP contribution in [0, 0.1) is 0 Å². The molecular formula is C12H19N3O3. The highest BCUT2D eigenvalue weighted by molar-refractivity contribution is 5.54. The molecule has 0 radical (unpaired) electrons. The third kappa shape index (κ3) is 2.81. The predicted molar refractivity (Wildman–Crippen MR) is 68.3 cm³/mol. The van der Waals surface area contributed by atoms with Gasteiger partial charge in [-0.05, 0) is 6.42 Å². The fourth-order valence-corrected chi connectivity index (χ4v) is 1.84. The zero-order valence-electron chi connectivity index (χ0n) is 10.9. The molecule has 1 saturated heterocycles. The van der Waals surface area contributed by atoms with E-state index in [4.69, 9.17) is 9.47 Å². The monoisotopic (exact) mass is 253 g/mol. The maximum absolute atomic E-state index is 11.7. The van der Waals surface area contributed by atoms with Gasteiger partial charge in [0.15, 0.2) is 0 Å². The number of rotatable bonds is 4. The van der Waals surface area contributed by atoms with Gasteiger partial charge in [-0.15, -0.1) is 5.10 Å². The van der Waals surface area contributed by atoms with E-state index < -0.39 is 0 Å². The van der Waals surface area contributed by atoms with Crippen molar-refractivity contribution >= 4 is 5.69 Å². The second-order valence-corrected chi connectivity index (χ2v) is 4.24. The van der Waals surface area contributed by atoms with Gasteiger partial charge in [0.25, 0.3) is 11.4 Å². The topological polar surface area (TPSA) is 56.6 Å². The fraction of sp³-hybridized carbons (Fsp3) is 0.667. The van der Waals surface area contributed by atoms with Gasteiger partial charge in [-0.25, -0.2) is 4.68 Å². The first kappa shape index (κ1) is 12.9. The summed E-state index contributed by atoms with van der Waals surface area (Å²) in [6.45, 7) is 5.50. The van der Waals surface area contributed by atoms with Crippen molar-refractivity contribution in [1.29, 1.82) is 0 Å². The molecule has 0 atom stereocenters. The van der Waals surface area contributed by atoms with Crippen LogP contribution in [0.3, 0.4) is 0 Å². The Morgan fingerprint density at radius 1 is 1.44 bits per heavy atom. The lowest BCUT2D eigenvalue weighted by molar-refractivity contribution is 0.122. The number of anilines is 1. The average molecular weight is 253 g/mol. The summed E-state index contributed by atoms with van der Waals surface area (Å²) in [6.07, 6.45) is 0.910. The van der Waals surface area contributed by atoms with Crippen LogP contribution in [0.25, 0.3) is 0 Å². The van der Waals surface area contributed by atoms with Crippen molar-refractivity contribution in [3.05, 3.63) is 16.4 Å². The van der Waals surface area contributed by atoms with Crippen molar-refractivity contribution in [2.24, 2.45) is 7.05 Å². The molecule has 6 nitrogen and oxygen atoms in total. The van der Waals surface area contributed by atoms with Crippen LogP contribution in [-0.4, -0.2) is 42.7 Å². The van der Waals surface area contributed by atoms with Crippen LogP contribution in [0.1, 0.15) is 13.3 Å². The largest absolute Gasteiger partial charge is 0.475 e. The van der Waals surface area contributed by atoms with E-state index in [9.17, 15) is 4.79 Å². The number of morpholine rings is 1. The molecule has 1 aliphatic heterocycles. The van der Waals surface area contributed by atoms with Crippen LogP contribution in [0.15, 0.2) is 10.9 Å². The molecule has 0 saturated carbocycles. The number of nitrogens with zero attached hydrogens (tertiary/aromatic N) is 3. The van der Waals surface area contributed by atoms with Crippen molar-refractivity contribution in [2.45, 2.75) is 13.3 Å². The molecule has 1 aliphatic rings. The molecule has 18 heavy (non-hydrogen) atoms. The summed E-state index contributed by atoms with van der Waals surface area (Å²) in [4.78, 5) is 13.8. The molecule has 0 aliphatic carbocycles. The first-order chi connectivity index (χ1) is 8.72. The van der Waals surface area contributed by atoms with Gasteiger partial charge >= 0.3 is 0 Å². The van der Waals surface area contributed by atoms with E-state index in [1.165, 1.54) is 4.68 Å². The van der Waals surface area contributed by atoms with Crippen LogP contribution >= 0.6 is 0 Å². The van der Waals surface area contributed by atoms with E-state index in [1.807, 2.05) is 6.92 Å². The second-order valence-electron chi connectivity index (χ2n) is 4.24. The van der Waals surface area contributed by atoms with E-state index in [2.05, 4.69) is 10.00 Å². The summed E-state index contributed by atoms with van der Waals surface area (Å²) in [5, 5.41) is 4.18. The van der Waals surface area contributed by atoms with Crippen LogP contribution in [-0.2, 0) is 11.8 Å². The lowest BCUT2D eigenvalue weighted by Gasteiger charge is -2.29. The van der Waals surface area contributed by atoms with E-state index in [0.717, 1.165) is 25.2 Å². The molecule has 2 rings (SSSR count). The maximum Gasteiger partial charge on any atom is 0.268 e. The molecule has 0 amide bonds. The Labute approximate surface area is 106 Å². The highest BCUT2D eigenvalue weighted by atomic mass is 16.5. The lowest BCUT2D eigenvalue weighted by atomic mass is 10.3. The quantitative estimate of drug-likeness (QED) is 0.777. The zero-order chi connectivity index (χ0) is 13.0. The Hall–Kier alpha value is -1.56. The van der Waals surface area contributed by atoms with Crippen LogP contribution in [0.4, 0.5) is 5.69 Å². The maximum atomic E-state index is 11.7. The highest BCUT2D eigenvalue weighted by Crippen LogP contribution is 2.24. The summed E-state index contributed by atoms with van der Waals surface area (Å²) < 4.78 is 12.2. The number of ether oxygens (including phenoxy) is 2. The van der Waals surface area contributed by atoms with E-state index >= 15 is 0 Å². The smallest absolute Gasteiger partial charge is 0.268 e. The van der Waals surface area contributed by atoms with Gasteiger partial charge in [-0.3, -0.25) is 4.79 Å². The minimum atomic E-state index is -0.125. The van der Waals surface area contributed by atoms with E-state index in [0.29, 0.717) is 25.7 Å². The average Bonchev–Trinajstić information content (AvgIpc) is 2.40. The van der Waals surface area contributed by atoms with Crippen molar-refractivity contribution < 1.29 is 9.47 Å². The summed E-state index contributed by atoms with van der Waals surface area (Å²) in [6, 6.07) is 1.59. The molecule has 0 unspecified atom stereocenters. The van der Waals surface area contributed by atoms with Crippen LogP contribution in [0.5, 0.6) is 5.88 Å². The predicted octanol–water partition coefficient (Wildman–Crippen LogP) is 0.406. The molecular weight excluding hydrogens is 234 g/mol. The van der Waals surface area contributed by atoms with E-state index in [1.54, 1.807) is 13.1 Å². The van der Waals surface area contributed by atoms with E-state index in [-0.39, 0.29) is 5.56 Å². The summed E-state index contributed by atoms with van der Waals surface area (Å²) in [5.41, 5.74) is 0.648. The molecule has 1 aromatic heterocycles. The first-order valence-electron chi connectivity index (χ1n) is 6.26. The Bertz CT molecular complexity index is 452. The lowest BCUT2D eigenvalue weighted by Crippen LogP contribution is -2.37.